The minimum absolute atomic E-state index is 0.690. The lowest BCUT2D eigenvalue weighted by Gasteiger charge is -2.23. The van der Waals surface area contributed by atoms with Crippen molar-refractivity contribution in [3.63, 3.8) is 0 Å². The molecule has 0 nitrogen and oxygen atoms in total. The van der Waals surface area contributed by atoms with Gasteiger partial charge in [0.05, 0.1) is 0 Å². The molecule has 0 bridgehead atoms. The summed E-state index contributed by atoms with van der Waals surface area (Å²) in [5.74, 6) is 1.48. The highest BCUT2D eigenvalue weighted by Crippen LogP contribution is 2.27. The fourth-order valence-corrected chi connectivity index (χ4v) is 3.22. The molecule has 0 N–H and O–H groups in total. The second kappa shape index (κ2) is 7.34. The zero-order valence-electron chi connectivity index (χ0n) is 10.0. The molecule has 0 heterocycles. The van der Waals surface area contributed by atoms with Gasteiger partial charge in [-0.1, -0.05) is 72.4 Å². The molecular formula is C14H20BrCl. The van der Waals surface area contributed by atoms with Crippen molar-refractivity contribution in [2.75, 3.05) is 5.33 Å². The lowest BCUT2D eigenvalue weighted by atomic mass is 9.85. The summed E-state index contributed by atoms with van der Waals surface area (Å²) in [4.78, 5) is 0. The highest BCUT2D eigenvalue weighted by molar-refractivity contribution is 9.09. The smallest absolute Gasteiger partial charge is 0.0438 e. The summed E-state index contributed by atoms with van der Waals surface area (Å²) in [6.07, 6.45) is 3.58. The van der Waals surface area contributed by atoms with Crippen LogP contribution in [0.15, 0.2) is 24.3 Å². The van der Waals surface area contributed by atoms with E-state index >= 15 is 0 Å². The second-order valence-electron chi connectivity index (χ2n) is 4.29. The van der Waals surface area contributed by atoms with E-state index in [2.05, 4.69) is 41.9 Å². The normalized spacial score (nSPS) is 13.1. The van der Waals surface area contributed by atoms with E-state index in [9.17, 15) is 0 Å². The summed E-state index contributed by atoms with van der Waals surface area (Å²) in [6.45, 7) is 4.55. The number of hydrogen-bond donors (Lipinski definition) is 0. The van der Waals surface area contributed by atoms with Crippen LogP contribution < -0.4 is 0 Å². The highest BCUT2D eigenvalue weighted by atomic mass is 79.9. The van der Waals surface area contributed by atoms with Gasteiger partial charge in [0.1, 0.15) is 0 Å². The van der Waals surface area contributed by atoms with E-state index in [1.807, 2.05) is 12.1 Å². The molecule has 1 aromatic carbocycles. The zero-order valence-corrected chi connectivity index (χ0v) is 12.4. The van der Waals surface area contributed by atoms with Gasteiger partial charge in [-0.3, -0.25) is 0 Å². The number of alkyl halides is 1. The Morgan fingerprint density at radius 1 is 1.12 bits per heavy atom. The summed E-state index contributed by atoms with van der Waals surface area (Å²) in [6, 6.07) is 8.18. The third kappa shape index (κ3) is 3.78. The quantitative estimate of drug-likeness (QED) is 0.623. The number of benzene rings is 1. The Kier molecular flexibility index (Phi) is 6.45. The minimum atomic E-state index is 0.690. The van der Waals surface area contributed by atoms with Crippen LogP contribution in [0, 0.1) is 11.8 Å². The van der Waals surface area contributed by atoms with Gasteiger partial charge in [0.25, 0.3) is 0 Å². The Bertz CT molecular complexity index is 307. The molecule has 0 saturated heterocycles. The molecule has 1 rings (SSSR count). The summed E-state index contributed by atoms with van der Waals surface area (Å²) in [7, 11) is 0. The molecule has 2 heteroatoms. The molecule has 90 valence electrons. The van der Waals surface area contributed by atoms with E-state index in [0.717, 1.165) is 22.7 Å². The van der Waals surface area contributed by atoms with Crippen molar-refractivity contribution in [1.29, 1.82) is 0 Å². The molecule has 0 saturated carbocycles. The van der Waals surface area contributed by atoms with Crippen LogP contribution in [-0.2, 0) is 6.42 Å². The molecule has 0 fully saturated rings. The van der Waals surface area contributed by atoms with Crippen LogP contribution in [0.5, 0.6) is 0 Å². The van der Waals surface area contributed by atoms with Crippen LogP contribution in [0.1, 0.15) is 32.3 Å². The minimum Gasteiger partial charge on any atom is -0.0925 e. The zero-order chi connectivity index (χ0) is 12.0. The summed E-state index contributed by atoms with van der Waals surface area (Å²) < 4.78 is 0. The number of halogens is 2. The molecule has 0 aliphatic heterocycles. The molecule has 0 aliphatic carbocycles. The first-order valence-electron chi connectivity index (χ1n) is 6.02. The van der Waals surface area contributed by atoms with Crippen molar-refractivity contribution < 1.29 is 0 Å². The van der Waals surface area contributed by atoms with E-state index < -0.39 is 0 Å². The average molecular weight is 304 g/mol. The van der Waals surface area contributed by atoms with Gasteiger partial charge in [0, 0.05) is 10.4 Å². The van der Waals surface area contributed by atoms with Crippen LogP contribution in [0.3, 0.4) is 0 Å². The van der Waals surface area contributed by atoms with Crippen LogP contribution in [0.2, 0.25) is 5.02 Å². The van der Waals surface area contributed by atoms with Crippen molar-refractivity contribution in [2.45, 2.75) is 33.1 Å². The van der Waals surface area contributed by atoms with Crippen molar-refractivity contribution in [3.8, 4) is 0 Å². The molecule has 1 unspecified atom stereocenters. The Morgan fingerprint density at radius 2 is 1.75 bits per heavy atom. The number of hydrogen-bond acceptors (Lipinski definition) is 0. The lowest BCUT2D eigenvalue weighted by Crippen LogP contribution is -2.17. The maximum absolute atomic E-state index is 6.20. The van der Waals surface area contributed by atoms with E-state index in [1.165, 1.54) is 18.4 Å². The standard InChI is InChI=1S/C14H20BrCl/c1-3-11(4-2)13(10-15)9-12-7-5-6-8-14(12)16/h5-8,11,13H,3-4,9-10H2,1-2H3. The van der Waals surface area contributed by atoms with Crippen molar-refractivity contribution in [3.05, 3.63) is 34.9 Å². The molecule has 0 radical (unpaired) electrons. The lowest BCUT2D eigenvalue weighted by molar-refractivity contribution is 0.342. The Balaban J connectivity index is 2.73. The molecule has 0 spiro atoms. The molecular weight excluding hydrogens is 284 g/mol. The topological polar surface area (TPSA) is 0 Å². The maximum atomic E-state index is 6.20. The van der Waals surface area contributed by atoms with Gasteiger partial charge < -0.3 is 0 Å². The van der Waals surface area contributed by atoms with Gasteiger partial charge in [-0.2, -0.15) is 0 Å². The van der Waals surface area contributed by atoms with Crippen molar-refractivity contribution >= 4 is 27.5 Å². The summed E-state index contributed by atoms with van der Waals surface area (Å²) in [5, 5.41) is 1.96. The molecule has 1 atom stereocenters. The summed E-state index contributed by atoms with van der Waals surface area (Å²) in [5.41, 5.74) is 1.28. The third-order valence-electron chi connectivity index (χ3n) is 3.35. The van der Waals surface area contributed by atoms with E-state index in [4.69, 9.17) is 11.6 Å². The molecule has 0 aromatic heterocycles. The average Bonchev–Trinajstić information content (AvgIpc) is 2.31. The van der Waals surface area contributed by atoms with Crippen LogP contribution >= 0.6 is 27.5 Å². The number of rotatable bonds is 6. The van der Waals surface area contributed by atoms with Crippen LogP contribution in [-0.4, -0.2) is 5.33 Å². The van der Waals surface area contributed by atoms with Crippen molar-refractivity contribution in [1.82, 2.24) is 0 Å². The van der Waals surface area contributed by atoms with Gasteiger partial charge in [-0.25, -0.2) is 0 Å². The second-order valence-corrected chi connectivity index (χ2v) is 5.34. The maximum Gasteiger partial charge on any atom is 0.0438 e. The first-order chi connectivity index (χ1) is 7.72. The SMILES string of the molecule is CCC(CC)C(CBr)Cc1ccccc1Cl. The fraction of sp³-hybridized carbons (Fsp3) is 0.571. The largest absolute Gasteiger partial charge is 0.0925 e. The Hall–Kier alpha value is -0.0100. The summed E-state index contributed by atoms with van der Waals surface area (Å²) >= 11 is 9.84. The van der Waals surface area contributed by atoms with E-state index in [0.29, 0.717) is 5.92 Å². The monoisotopic (exact) mass is 302 g/mol. The first kappa shape index (κ1) is 14.1. The highest BCUT2D eigenvalue weighted by Gasteiger charge is 2.18. The van der Waals surface area contributed by atoms with E-state index in [-0.39, 0.29) is 0 Å². The third-order valence-corrected chi connectivity index (χ3v) is 4.55. The molecule has 0 amide bonds. The van der Waals surface area contributed by atoms with Crippen molar-refractivity contribution in [2.24, 2.45) is 11.8 Å². The Morgan fingerprint density at radius 3 is 2.25 bits per heavy atom. The molecule has 16 heavy (non-hydrogen) atoms. The fourth-order valence-electron chi connectivity index (χ4n) is 2.25. The molecule has 0 aliphatic rings. The van der Waals surface area contributed by atoms with Gasteiger partial charge in [-0.05, 0) is 29.9 Å². The molecule has 1 aromatic rings. The van der Waals surface area contributed by atoms with Gasteiger partial charge >= 0.3 is 0 Å². The van der Waals surface area contributed by atoms with Gasteiger partial charge in [-0.15, -0.1) is 0 Å². The first-order valence-corrected chi connectivity index (χ1v) is 7.52. The predicted octanol–water partition coefficient (Wildman–Crippen LogP) is 5.33. The Labute approximate surface area is 113 Å². The predicted molar refractivity (Wildman–Crippen MR) is 76.5 cm³/mol. The van der Waals surface area contributed by atoms with Gasteiger partial charge in [0.15, 0.2) is 0 Å². The van der Waals surface area contributed by atoms with E-state index in [1.54, 1.807) is 0 Å². The van der Waals surface area contributed by atoms with Gasteiger partial charge in [0.2, 0.25) is 0 Å². The van der Waals surface area contributed by atoms with Crippen LogP contribution in [0.4, 0.5) is 0 Å². The van der Waals surface area contributed by atoms with Crippen LogP contribution in [0.25, 0.3) is 0 Å².